The Balaban J connectivity index is 1.79. The Morgan fingerprint density at radius 3 is 2.60 bits per heavy atom. The first kappa shape index (κ1) is 20.9. The molecule has 1 heterocycles. The van der Waals surface area contributed by atoms with Gasteiger partial charge in [0.2, 0.25) is 0 Å². The number of aromatic amines is 1. The Hall–Kier alpha value is -3.81. The summed E-state index contributed by atoms with van der Waals surface area (Å²) in [5.74, 6) is 0.791. The quantitative estimate of drug-likeness (QED) is 0.404. The topological polar surface area (TPSA) is 116 Å². The third-order valence-corrected chi connectivity index (χ3v) is 4.61. The molecule has 0 aliphatic carbocycles. The lowest BCUT2D eigenvalue weighted by atomic mass is 10.1. The number of H-pyrrole nitrogens is 1. The maximum absolute atomic E-state index is 12.9. The monoisotopic (exact) mass is 408 g/mol. The first-order chi connectivity index (χ1) is 14.6. The number of nitrogens with zero attached hydrogens (tertiary/aromatic N) is 1. The molecule has 0 saturated heterocycles. The van der Waals surface area contributed by atoms with E-state index in [-0.39, 0.29) is 12.5 Å². The average Bonchev–Trinajstić information content (AvgIpc) is 3.26. The van der Waals surface area contributed by atoms with Crippen molar-refractivity contribution >= 4 is 12.0 Å². The SMILES string of the molecule is COc1ccccc1C(=O)N[C@@H](CCCNC(=O)O)c1ncc(-c2ccccc2)[nH]1. The third kappa shape index (κ3) is 5.38. The van der Waals surface area contributed by atoms with E-state index in [0.717, 1.165) is 11.3 Å². The molecule has 0 fully saturated rings. The maximum atomic E-state index is 12.9. The van der Waals surface area contributed by atoms with Crippen LogP contribution in [0.5, 0.6) is 5.75 Å². The van der Waals surface area contributed by atoms with Gasteiger partial charge in [-0.25, -0.2) is 9.78 Å². The number of hydrogen-bond donors (Lipinski definition) is 4. The van der Waals surface area contributed by atoms with Crippen LogP contribution in [0.3, 0.4) is 0 Å². The minimum Gasteiger partial charge on any atom is -0.496 e. The fourth-order valence-electron chi connectivity index (χ4n) is 3.13. The normalized spacial score (nSPS) is 11.5. The van der Waals surface area contributed by atoms with Gasteiger partial charge in [-0.2, -0.15) is 0 Å². The van der Waals surface area contributed by atoms with Gasteiger partial charge in [0.1, 0.15) is 11.6 Å². The van der Waals surface area contributed by atoms with E-state index >= 15 is 0 Å². The van der Waals surface area contributed by atoms with Gasteiger partial charge in [0.25, 0.3) is 5.91 Å². The fraction of sp³-hybridized carbons (Fsp3) is 0.227. The predicted octanol–water partition coefficient (Wildman–Crippen LogP) is 3.60. The molecule has 0 spiro atoms. The molecule has 2 aromatic carbocycles. The van der Waals surface area contributed by atoms with Crippen LogP contribution in [0.2, 0.25) is 0 Å². The van der Waals surface area contributed by atoms with Gasteiger partial charge in [-0.3, -0.25) is 4.79 Å². The van der Waals surface area contributed by atoms with E-state index in [1.165, 1.54) is 7.11 Å². The number of amides is 2. The van der Waals surface area contributed by atoms with Crippen LogP contribution in [0.4, 0.5) is 4.79 Å². The molecule has 3 aromatic rings. The zero-order valence-electron chi connectivity index (χ0n) is 16.6. The molecule has 8 heteroatoms. The second-order valence-corrected chi connectivity index (χ2v) is 6.65. The number of imidazole rings is 1. The Labute approximate surface area is 174 Å². The molecule has 0 radical (unpaired) electrons. The number of nitrogens with one attached hydrogen (secondary N) is 3. The van der Waals surface area contributed by atoms with E-state index < -0.39 is 12.1 Å². The van der Waals surface area contributed by atoms with Gasteiger partial charge in [0.05, 0.1) is 30.6 Å². The lowest BCUT2D eigenvalue weighted by molar-refractivity contribution is 0.0929. The Kier molecular flexibility index (Phi) is 7.05. The molecule has 4 N–H and O–H groups in total. The number of methoxy groups -OCH3 is 1. The number of aromatic nitrogens is 2. The summed E-state index contributed by atoms with van der Waals surface area (Å²) in [7, 11) is 1.51. The number of carboxylic acid groups (broad SMARTS) is 1. The first-order valence-electron chi connectivity index (χ1n) is 9.59. The summed E-state index contributed by atoms with van der Waals surface area (Å²) in [6, 6.07) is 16.3. The van der Waals surface area contributed by atoms with Crippen LogP contribution in [0, 0.1) is 0 Å². The van der Waals surface area contributed by atoms with Gasteiger partial charge in [0.15, 0.2) is 0 Å². The fourth-order valence-corrected chi connectivity index (χ4v) is 3.13. The van der Waals surface area contributed by atoms with E-state index in [4.69, 9.17) is 9.84 Å². The molecule has 1 aromatic heterocycles. The summed E-state index contributed by atoms with van der Waals surface area (Å²) in [6.07, 6.45) is 1.68. The Morgan fingerprint density at radius 2 is 1.87 bits per heavy atom. The smallest absolute Gasteiger partial charge is 0.404 e. The summed E-state index contributed by atoms with van der Waals surface area (Å²) in [6.45, 7) is 0.280. The molecule has 0 saturated carbocycles. The molecule has 2 amide bonds. The molecule has 0 aliphatic rings. The maximum Gasteiger partial charge on any atom is 0.404 e. The summed E-state index contributed by atoms with van der Waals surface area (Å²) < 4.78 is 5.28. The number of para-hydroxylation sites is 1. The van der Waals surface area contributed by atoms with E-state index in [1.54, 1.807) is 30.5 Å². The van der Waals surface area contributed by atoms with Crippen LogP contribution in [0.25, 0.3) is 11.3 Å². The van der Waals surface area contributed by atoms with Gasteiger partial charge in [0, 0.05) is 6.54 Å². The molecule has 0 bridgehead atoms. The molecular formula is C22H24N4O4. The summed E-state index contributed by atoms with van der Waals surface area (Å²) in [5.41, 5.74) is 2.24. The van der Waals surface area contributed by atoms with Crippen molar-refractivity contribution in [1.82, 2.24) is 20.6 Å². The number of carbonyl (C=O) groups excluding carboxylic acids is 1. The molecule has 0 aliphatic heterocycles. The van der Waals surface area contributed by atoms with Crippen LogP contribution in [0.15, 0.2) is 60.8 Å². The number of carbonyl (C=O) groups is 2. The molecule has 1 atom stereocenters. The van der Waals surface area contributed by atoms with Crippen LogP contribution in [-0.2, 0) is 0 Å². The van der Waals surface area contributed by atoms with Crippen LogP contribution >= 0.6 is 0 Å². The minimum atomic E-state index is -1.08. The highest BCUT2D eigenvalue weighted by Crippen LogP contribution is 2.23. The molecule has 0 unspecified atom stereocenters. The van der Waals surface area contributed by atoms with Crippen LogP contribution < -0.4 is 15.4 Å². The predicted molar refractivity (Wildman–Crippen MR) is 112 cm³/mol. The van der Waals surface area contributed by atoms with E-state index in [2.05, 4.69) is 20.6 Å². The number of rotatable bonds is 9. The zero-order chi connectivity index (χ0) is 21.3. The largest absolute Gasteiger partial charge is 0.496 e. The van der Waals surface area contributed by atoms with E-state index in [0.29, 0.717) is 30.0 Å². The lowest BCUT2D eigenvalue weighted by Crippen LogP contribution is -2.31. The molecule has 3 rings (SSSR count). The first-order valence-corrected chi connectivity index (χ1v) is 9.59. The minimum absolute atomic E-state index is 0.280. The van der Waals surface area contributed by atoms with Crippen molar-refractivity contribution in [3.05, 3.63) is 72.2 Å². The highest BCUT2D eigenvalue weighted by molar-refractivity contribution is 5.97. The van der Waals surface area contributed by atoms with Crippen molar-refractivity contribution in [3.8, 4) is 17.0 Å². The molecular weight excluding hydrogens is 384 g/mol. The van der Waals surface area contributed by atoms with Crippen molar-refractivity contribution < 1.29 is 19.4 Å². The summed E-state index contributed by atoms with van der Waals surface area (Å²) in [4.78, 5) is 31.3. The standard InChI is InChI=1S/C22H24N4O4/c1-30-19-12-6-5-10-16(19)21(27)26-17(11-7-13-23-22(28)29)20-24-14-18(25-20)15-8-3-2-4-9-15/h2-6,8-10,12,14,17,23H,7,11,13H2,1H3,(H,24,25)(H,26,27)(H,28,29)/t17-/m0/s1. The Morgan fingerprint density at radius 1 is 1.13 bits per heavy atom. The van der Waals surface area contributed by atoms with E-state index in [9.17, 15) is 9.59 Å². The van der Waals surface area contributed by atoms with Gasteiger partial charge < -0.3 is 25.5 Å². The van der Waals surface area contributed by atoms with Crippen molar-refractivity contribution in [2.24, 2.45) is 0 Å². The van der Waals surface area contributed by atoms with E-state index in [1.807, 2.05) is 30.3 Å². The Bertz CT molecular complexity index is 988. The van der Waals surface area contributed by atoms with Gasteiger partial charge in [-0.05, 0) is 30.5 Å². The number of benzene rings is 2. The third-order valence-electron chi connectivity index (χ3n) is 4.61. The average molecular weight is 408 g/mol. The second kappa shape index (κ2) is 10.1. The highest BCUT2D eigenvalue weighted by atomic mass is 16.5. The second-order valence-electron chi connectivity index (χ2n) is 6.65. The number of hydrogen-bond acceptors (Lipinski definition) is 4. The summed E-state index contributed by atoms with van der Waals surface area (Å²) in [5, 5.41) is 14.1. The zero-order valence-corrected chi connectivity index (χ0v) is 16.6. The highest BCUT2D eigenvalue weighted by Gasteiger charge is 2.21. The molecule has 30 heavy (non-hydrogen) atoms. The van der Waals surface area contributed by atoms with Gasteiger partial charge >= 0.3 is 6.09 Å². The van der Waals surface area contributed by atoms with Crippen molar-refractivity contribution in [2.45, 2.75) is 18.9 Å². The van der Waals surface area contributed by atoms with Gasteiger partial charge in [-0.15, -0.1) is 0 Å². The van der Waals surface area contributed by atoms with Crippen molar-refractivity contribution in [2.75, 3.05) is 13.7 Å². The molecule has 8 nitrogen and oxygen atoms in total. The van der Waals surface area contributed by atoms with Gasteiger partial charge in [-0.1, -0.05) is 42.5 Å². The van der Waals surface area contributed by atoms with Crippen molar-refractivity contribution in [3.63, 3.8) is 0 Å². The molecule has 156 valence electrons. The lowest BCUT2D eigenvalue weighted by Gasteiger charge is -2.18. The van der Waals surface area contributed by atoms with Crippen molar-refractivity contribution in [1.29, 1.82) is 0 Å². The summed E-state index contributed by atoms with van der Waals surface area (Å²) >= 11 is 0. The van der Waals surface area contributed by atoms with Crippen LogP contribution in [-0.4, -0.2) is 40.7 Å². The number of ether oxygens (including phenoxy) is 1. The van der Waals surface area contributed by atoms with Crippen LogP contribution in [0.1, 0.15) is 35.1 Å².